The van der Waals surface area contributed by atoms with E-state index in [2.05, 4.69) is 25.5 Å². The Bertz CT molecular complexity index is 2200. The van der Waals surface area contributed by atoms with Crippen LogP contribution in [0.3, 0.4) is 0 Å². The summed E-state index contributed by atoms with van der Waals surface area (Å²) in [6.45, 7) is 8.55. The number of ether oxygens (including phenoxy) is 1. The summed E-state index contributed by atoms with van der Waals surface area (Å²) in [5.74, 6) is -2.65. The lowest BCUT2D eigenvalue weighted by Crippen LogP contribution is -2.60. The number of hydrogen-bond acceptors (Lipinski definition) is 10. The molecule has 0 aliphatic carbocycles. The minimum absolute atomic E-state index is 0.0237. The molecule has 0 spiro atoms. The van der Waals surface area contributed by atoms with Crippen molar-refractivity contribution in [3.8, 4) is 22.8 Å². The zero-order valence-electron chi connectivity index (χ0n) is 28.5. The Morgan fingerprint density at radius 2 is 1.74 bits per heavy atom. The van der Waals surface area contributed by atoms with Crippen LogP contribution >= 0.6 is 0 Å². The summed E-state index contributed by atoms with van der Waals surface area (Å²) in [7, 11) is 1.46. The molecule has 12 nitrogen and oxygen atoms in total. The molecule has 0 atom stereocenters. The lowest BCUT2D eigenvalue weighted by molar-refractivity contribution is -0.144. The first-order chi connectivity index (χ1) is 23.4. The Morgan fingerprint density at radius 3 is 2.38 bits per heavy atom. The van der Waals surface area contributed by atoms with Crippen LogP contribution in [0, 0.1) is 5.82 Å². The molecule has 262 valence electrons. The second-order valence-corrected chi connectivity index (χ2v) is 14.1. The zero-order chi connectivity index (χ0) is 36.2. The number of rotatable bonds is 9. The van der Waals surface area contributed by atoms with Crippen LogP contribution in [0.1, 0.15) is 45.7 Å². The van der Waals surface area contributed by atoms with Gasteiger partial charge in [0, 0.05) is 36.3 Å². The monoisotopic (exact) mass is 690 g/mol. The molecule has 5 aromatic rings. The maximum absolute atomic E-state index is 15.3. The van der Waals surface area contributed by atoms with Gasteiger partial charge in [-0.15, -0.1) is 0 Å². The van der Waals surface area contributed by atoms with Crippen LogP contribution in [0.4, 0.5) is 24.7 Å². The standard InChI is InChI=1S/C35H37F3N8O4/c1-33(2,3)21-11-20-14-41-46(32(49)29(20)25(36)12-21)30-24(16-47)23(9-10-39-30)26-13-27(31(48)44(6)43-26)42-28-8-7-22(15-40-28)50-34(4,5)17-45-18-35(37,38)19-45/h7-15,47H,16-19H2,1-6H3,(H,40,42). The first kappa shape index (κ1) is 34.7. The molecular formula is C35H37F3N8O4. The van der Waals surface area contributed by atoms with E-state index in [0.717, 1.165) is 9.36 Å². The lowest BCUT2D eigenvalue weighted by atomic mass is 9.86. The fraction of sp³-hybridized carbons (Fsp3) is 0.371. The highest BCUT2D eigenvalue weighted by atomic mass is 19.3. The largest absolute Gasteiger partial charge is 0.485 e. The molecule has 0 radical (unpaired) electrons. The fourth-order valence-corrected chi connectivity index (χ4v) is 5.97. The van der Waals surface area contributed by atoms with Gasteiger partial charge in [-0.05, 0) is 61.2 Å². The average molecular weight is 691 g/mol. The second-order valence-electron chi connectivity index (χ2n) is 14.1. The number of nitrogens with zero attached hydrogens (tertiary/aromatic N) is 7. The van der Waals surface area contributed by atoms with E-state index in [-0.39, 0.29) is 46.7 Å². The summed E-state index contributed by atoms with van der Waals surface area (Å²) in [6.07, 6.45) is 4.24. The summed E-state index contributed by atoms with van der Waals surface area (Å²) in [5, 5.41) is 22.3. The van der Waals surface area contributed by atoms with Crippen molar-refractivity contribution in [1.82, 2.24) is 34.4 Å². The van der Waals surface area contributed by atoms with Crippen LogP contribution in [0.15, 0.2) is 64.6 Å². The lowest BCUT2D eigenvalue weighted by Gasteiger charge is -2.42. The van der Waals surface area contributed by atoms with Crippen molar-refractivity contribution in [1.29, 1.82) is 0 Å². The van der Waals surface area contributed by atoms with Crippen molar-refractivity contribution in [3.05, 3.63) is 92.6 Å². The Hall–Kier alpha value is -5.15. The molecule has 1 saturated heterocycles. The number of anilines is 2. The van der Waals surface area contributed by atoms with Crippen molar-refractivity contribution in [3.63, 3.8) is 0 Å². The van der Waals surface area contributed by atoms with Gasteiger partial charge >= 0.3 is 0 Å². The number of alkyl halides is 2. The van der Waals surface area contributed by atoms with Crippen molar-refractivity contribution in [2.45, 2.75) is 58.2 Å². The highest BCUT2D eigenvalue weighted by molar-refractivity contribution is 5.83. The van der Waals surface area contributed by atoms with Crippen molar-refractivity contribution >= 4 is 22.3 Å². The van der Waals surface area contributed by atoms with Crippen molar-refractivity contribution in [2.24, 2.45) is 7.05 Å². The van der Waals surface area contributed by atoms with E-state index in [4.69, 9.17) is 4.74 Å². The van der Waals surface area contributed by atoms with Crippen LogP contribution in [0.25, 0.3) is 27.8 Å². The SMILES string of the molecule is Cn1nc(-c2ccnc(-n3ncc4cc(C(C)(C)C)cc(F)c4c3=O)c2CO)cc(Nc2ccc(OC(C)(C)CN3CC(F)(F)C3)cn2)c1=O. The van der Waals surface area contributed by atoms with E-state index in [9.17, 15) is 23.5 Å². The van der Waals surface area contributed by atoms with Gasteiger partial charge in [0.05, 0.1) is 43.2 Å². The quantitative estimate of drug-likeness (QED) is 0.223. The van der Waals surface area contributed by atoms with Gasteiger partial charge < -0.3 is 15.2 Å². The second kappa shape index (κ2) is 12.6. The van der Waals surface area contributed by atoms with Crippen molar-refractivity contribution in [2.75, 3.05) is 25.0 Å². The third kappa shape index (κ3) is 6.96. The van der Waals surface area contributed by atoms with E-state index in [1.165, 1.54) is 37.8 Å². The van der Waals surface area contributed by atoms with Gasteiger partial charge in [-0.25, -0.2) is 27.8 Å². The molecule has 1 fully saturated rings. The molecule has 50 heavy (non-hydrogen) atoms. The number of aromatic nitrogens is 6. The van der Waals surface area contributed by atoms with Crippen LogP contribution in [0.2, 0.25) is 0 Å². The number of aliphatic hydroxyl groups excluding tert-OH is 1. The number of pyridine rings is 2. The number of hydrogen-bond donors (Lipinski definition) is 2. The Morgan fingerprint density at radius 1 is 1.00 bits per heavy atom. The van der Waals surface area contributed by atoms with E-state index >= 15 is 4.39 Å². The van der Waals surface area contributed by atoms with Gasteiger partial charge in [0.25, 0.3) is 17.0 Å². The number of fused-ring (bicyclic) bond motifs is 1. The minimum Gasteiger partial charge on any atom is -0.485 e. The molecule has 0 unspecified atom stereocenters. The number of aryl methyl sites for hydroxylation is 1. The molecule has 4 aromatic heterocycles. The molecule has 1 aliphatic rings. The van der Waals surface area contributed by atoms with E-state index in [0.29, 0.717) is 34.6 Å². The Kier molecular flexibility index (Phi) is 8.76. The number of aliphatic hydroxyl groups is 1. The first-order valence-electron chi connectivity index (χ1n) is 15.9. The van der Waals surface area contributed by atoms with E-state index < -0.39 is 35.1 Å². The number of benzene rings is 1. The summed E-state index contributed by atoms with van der Waals surface area (Å²) in [6, 6.07) is 9.37. The highest BCUT2D eigenvalue weighted by Crippen LogP contribution is 2.31. The molecule has 6 rings (SSSR count). The van der Waals surface area contributed by atoms with Crippen LogP contribution in [-0.2, 0) is 19.1 Å². The molecule has 1 aliphatic heterocycles. The number of likely N-dealkylation sites (tertiary alicyclic amines) is 1. The summed E-state index contributed by atoms with van der Waals surface area (Å²) < 4.78 is 49.9. The van der Waals surface area contributed by atoms with E-state index in [1.54, 1.807) is 43.0 Å². The maximum atomic E-state index is 15.3. The van der Waals surface area contributed by atoms with E-state index in [1.807, 2.05) is 20.8 Å². The average Bonchev–Trinajstić information content (AvgIpc) is 3.02. The molecule has 1 aromatic carbocycles. The van der Waals surface area contributed by atoms with Gasteiger partial charge in [-0.1, -0.05) is 20.8 Å². The number of halogens is 3. The first-order valence-corrected chi connectivity index (χ1v) is 15.9. The Balaban J connectivity index is 1.29. The Labute approximate surface area is 285 Å². The molecule has 5 heterocycles. The molecule has 2 N–H and O–H groups in total. The summed E-state index contributed by atoms with van der Waals surface area (Å²) in [5.41, 5.74) is -0.726. The third-order valence-electron chi connectivity index (χ3n) is 8.34. The van der Waals surface area contributed by atoms with Crippen LogP contribution in [0.5, 0.6) is 5.75 Å². The molecule has 15 heteroatoms. The topological polar surface area (TPSA) is 140 Å². The predicted octanol–water partition coefficient (Wildman–Crippen LogP) is 4.72. The molecular weight excluding hydrogens is 653 g/mol. The summed E-state index contributed by atoms with van der Waals surface area (Å²) in [4.78, 5) is 37.0. The smallest absolute Gasteiger partial charge is 0.290 e. The number of nitrogens with one attached hydrogen (secondary N) is 1. The molecule has 0 amide bonds. The maximum Gasteiger partial charge on any atom is 0.290 e. The third-order valence-corrected chi connectivity index (χ3v) is 8.34. The highest BCUT2D eigenvalue weighted by Gasteiger charge is 2.45. The molecule has 0 saturated carbocycles. The molecule has 0 bridgehead atoms. The van der Waals surface area contributed by atoms with Crippen LogP contribution < -0.4 is 21.2 Å². The predicted molar refractivity (Wildman–Crippen MR) is 182 cm³/mol. The summed E-state index contributed by atoms with van der Waals surface area (Å²) >= 11 is 0. The van der Waals surface area contributed by atoms with Gasteiger partial charge in [-0.2, -0.15) is 14.9 Å². The zero-order valence-corrected chi connectivity index (χ0v) is 28.5. The van der Waals surface area contributed by atoms with Gasteiger partial charge in [0.15, 0.2) is 5.82 Å². The van der Waals surface area contributed by atoms with Gasteiger partial charge in [0.1, 0.15) is 28.7 Å². The fourth-order valence-electron chi connectivity index (χ4n) is 5.97. The van der Waals surface area contributed by atoms with Crippen molar-refractivity contribution < 1.29 is 23.0 Å². The van der Waals surface area contributed by atoms with Crippen LogP contribution in [-0.4, -0.2) is 70.7 Å². The van der Waals surface area contributed by atoms with Gasteiger partial charge in [-0.3, -0.25) is 14.5 Å². The minimum atomic E-state index is -2.67. The van der Waals surface area contributed by atoms with Gasteiger partial charge in [0.2, 0.25) is 0 Å². The normalized spacial score (nSPS) is 14.8.